The normalized spacial score (nSPS) is 19.9. The molecule has 4 heterocycles. The molecule has 0 saturated carbocycles. The van der Waals surface area contributed by atoms with E-state index in [9.17, 15) is 32.3 Å². The van der Waals surface area contributed by atoms with Crippen LogP contribution >= 0.6 is 34.7 Å². The Morgan fingerprint density at radius 1 is 1.00 bits per heavy atom. The number of aromatic nitrogens is 2. The lowest BCUT2D eigenvalue weighted by Crippen LogP contribution is -2.33. The number of hydrogen-bond acceptors (Lipinski definition) is 7. The molecule has 2 aliphatic rings. The molecule has 214 valence electrons. The van der Waals surface area contributed by atoms with Crippen molar-refractivity contribution in [2.45, 2.75) is 28.9 Å². The number of carbonyl (C=O) groups is 3. The number of imide groups is 1. The van der Waals surface area contributed by atoms with Crippen molar-refractivity contribution in [3.63, 3.8) is 0 Å². The Morgan fingerprint density at radius 3 is 2.43 bits per heavy atom. The molecule has 2 aromatic carbocycles. The first-order valence-electron chi connectivity index (χ1n) is 12.4. The number of nitrogens with one attached hydrogen (secondary N) is 1. The van der Waals surface area contributed by atoms with E-state index in [2.05, 4.69) is 10.3 Å². The summed E-state index contributed by atoms with van der Waals surface area (Å²) in [4.78, 5) is 58.4. The van der Waals surface area contributed by atoms with Gasteiger partial charge in [-0.05, 0) is 48.0 Å². The van der Waals surface area contributed by atoms with Crippen LogP contribution in [0.2, 0.25) is 5.02 Å². The molecule has 14 heteroatoms. The van der Waals surface area contributed by atoms with Crippen LogP contribution in [0, 0.1) is 5.92 Å². The van der Waals surface area contributed by atoms with Crippen LogP contribution in [0.4, 0.5) is 24.5 Å². The van der Waals surface area contributed by atoms with Crippen molar-refractivity contribution in [3.8, 4) is 0 Å². The molecule has 1 N–H and O–H groups in total. The third-order valence-corrected chi connectivity index (χ3v) is 9.83. The molecule has 0 bridgehead atoms. The number of alkyl halides is 3. The van der Waals surface area contributed by atoms with Crippen molar-refractivity contribution >= 4 is 63.8 Å². The summed E-state index contributed by atoms with van der Waals surface area (Å²) in [5, 5.41) is 2.33. The highest BCUT2D eigenvalue weighted by Gasteiger charge is 2.57. The van der Waals surface area contributed by atoms with Gasteiger partial charge in [-0.3, -0.25) is 28.7 Å². The number of nitrogens with zero attached hydrogens (tertiary/aromatic N) is 3. The minimum Gasteiger partial charge on any atom is -0.325 e. The molecule has 4 aromatic rings. The number of halogens is 4. The summed E-state index contributed by atoms with van der Waals surface area (Å²) < 4.78 is 42.9. The van der Waals surface area contributed by atoms with E-state index in [1.54, 1.807) is 36.4 Å². The van der Waals surface area contributed by atoms with Gasteiger partial charge in [0.15, 0.2) is 0 Å². The first-order valence-corrected chi connectivity index (χ1v) is 14.5. The maximum absolute atomic E-state index is 13.9. The maximum Gasteiger partial charge on any atom is 0.418 e. The van der Waals surface area contributed by atoms with E-state index in [0.29, 0.717) is 31.1 Å². The quantitative estimate of drug-likeness (QED) is 0.296. The summed E-state index contributed by atoms with van der Waals surface area (Å²) in [7, 11) is 0. The van der Waals surface area contributed by atoms with Gasteiger partial charge in [-0.25, -0.2) is 4.90 Å². The molecule has 3 amide bonds. The van der Waals surface area contributed by atoms with Gasteiger partial charge in [-0.2, -0.15) is 13.2 Å². The molecule has 2 aromatic heterocycles. The number of thioether (sulfide) groups is 1. The predicted octanol–water partition coefficient (Wildman–Crippen LogP) is 5.41. The number of benzene rings is 2. The highest BCUT2D eigenvalue weighted by molar-refractivity contribution is 8.00. The van der Waals surface area contributed by atoms with E-state index < -0.39 is 57.1 Å². The van der Waals surface area contributed by atoms with Gasteiger partial charge in [-0.15, -0.1) is 0 Å². The topological polar surface area (TPSA) is 101 Å². The second-order valence-electron chi connectivity index (χ2n) is 9.53. The van der Waals surface area contributed by atoms with Crippen LogP contribution in [0.3, 0.4) is 0 Å². The molecule has 0 spiro atoms. The number of pyridine rings is 1. The molecule has 0 radical (unpaired) electrons. The molecule has 2 aliphatic heterocycles. The molecular weight excluding hydrogens is 613 g/mol. The van der Waals surface area contributed by atoms with Crippen molar-refractivity contribution in [2.75, 3.05) is 10.2 Å². The Bertz CT molecular complexity index is 1780. The highest BCUT2D eigenvalue weighted by atomic mass is 35.5. The fourth-order valence-corrected chi connectivity index (χ4v) is 8.10. The lowest BCUT2D eigenvalue weighted by Gasteiger charge is -2.30. The largest absolute Gasteiger partial charge is 0.418 e. The average molecular weight is 631 g/mol. The Labute approximate surface area is 249 Å². The van der Waals surface area contributed by atoms with Gasteiger partial charge in [0.1, 0.15) is 11.8 Å². The monoisotopic (exact) mass is 630 g/mol. The van der Waals surface area contributed by atoms with Crippen LogP contribution in [0.15, 0.2) is 82.9 Å². The molecule has 0 aliphatic carbocycles. The number of carbonyl (C=O) groups excluding carboxylic acids is 3. The SMILES string of the molecule is O=C(Cn1c2c(sc1=O)C(c1cccnc1)C1C(=O)N(c3ccccc3C(F)(F)F)C(=O)C1S2)Nc1ccc(Cl)cc1. The first-order chi connectivity index (χ1) is 20.0. The van der Waals surface area contributed by atoms with Gasteiger partial charge >= 0.3 is 11.0 Å². The molecule has 1 fully saturated rings. The van der Waals surface area contributed by atoms with Crippen LogP contribution in [0.1, 0.15) is 21.9 Å². The van der Waals surface area contributed by atoms with Crippen molar-refractivity contribution < 1.29 is 27.6 Å². The second kappa shape index (κ2) is 10.7. The van der Waals surface area contributed by atoms with Crippen LogP contribution in [0.5, 0.6) is 0 Å². The highest BCUT2D eigenvalue weighted by Crippen LogP contribution is 2.54. The van der Waals surface area contributed by atoms with Gasteiger partial charge in [0.25, 0.3) is 0 Å². The number of amides is 3. The summed E-state index contributed by atoms with van der Waals surface area (Å²) in [6.07, 6.45) is -1.80. The number of fused-ring (bicyclic) bond motifs is 2. The van der Waals surface area contributed by atoms with E-state index in [4.69, 9.17) is 11.6 Å². The fourth-order valence-electron chi connectivity index (χ4n) is 5.20. The van der Waals surface area contributed by atoms with Crippen molar-refractivity contribution in [1.29, 1.82) is 0 Å². The van der Waals surface area contributed by atoms with Crippen LogP contribution in [-0.4, -0.2) is 32.5 Å². The van der Waals surface area contributed by atoms with Crippen molar-refractivity contribution in [3.05, 3.63) is 104 Å². The Balaban J connectivity index is 1.41. The zero-order valence-electron chi connectivity index (χ0n) is 21.2. The van der Waals surface area contributed by atoms with Crippen molar-refractivity contribution in [2.24, 2.45) is 5.92 Å². The van der Waals surface area contributed by atoms with E-state index >= 15 is 0 Å². The smallest absolute Gasteiger partial charge is 0.325 e. The predicted molar refractivity (Wildman–Crippen MR) is 152 cm³/mol. The summed E-state index contributed by atoms with van der Waals surface area (Å²) in [6.45, 7) is -0.389. The van der Waals surface area contributed by atoms with Crippen molar-refractivity contribution in [1.82, 2.24) is 9.55 Å². The average Bonchev–Trinajstić information content (AvgIpc) is 3.40. The van der Waals surface area contributed by atoms with Gasteiger partial charge in [-0.1, -0.05) is 52.9 Å². The third-order valence-electron chi connectivity index (χ3n) is 6.97. The maximum atomic E-state index is 13.9. The number of thiazole rings is 1. The molecule has 6 rings (SSSR count). The zero-order valence-corrected chi connectivity index (χ0v) is 23.6. The third kappa shape index (κ3) is 4.91. The Kier molecular flexibility index (Phi) is 7.19. The van der Waals surface area contributed by atoms with Gasteiger partial charge < -0.3 is 5.32 Å². The minimum atomic E-state index is -4.81. The molecule has 8 nitrogen and oxygen atoms in total. The minimum absolute atomic E-state index is 0.304. The second-order valence-corrected chi connectivity index (χ2v) is 12.1. The fraction of sp³-hybridized carbons (Fsp3) is 0.179. The number of anilines is 2. The Hall–Kier alpha value is -3.94. The number of hydrogen-bond donors (Lipinski definition) is 1. The van der Waals surface area contributed by atoms with E-state index in [1.165, 1.54) is 29.1 Å². The van der Waals surface area contributed by atoms with Gasteiger partial charge in [0.2, 0.25) is 17.7 Å². The van der Waals surface area contributed by atoms with Crippen LogP contribution in [-0.2, 0) is 27.1 Å². The van der Waals surface area contributed by atoms with Gasteiger partial charge in [0.05, 0.1) is 22.2 Å². The lowest BCUT2D eigenvalue weighted by atomic mass is 9.84. The summed E-state index contributed by atoms with van der Waals surface area (Å²) in [5.41, 5.74) is -0.694. The molecule has 3 unspecified atom stereocenters. The standard InChI is InChI=1S/C28H18ClF3N4O4S2/c29-15-7-9-16(10-8-15)34-19(37)13-35-26-23(42-27(35)40)20(14-4-3-11-33-12-14)21-22(41-26)25(39)36(24(21)38)18-6-2-1-5-17(18)28(30,31)32/h1-12,20-22H,13H2,(H,34,37). The number of para-hydroxylation sites is 1. The van der Waals surface area contributed by atoms with E-state index in [-0.39, 0.29) is 6.54 Å². The van der Waals surface area contributed by atoms with E-state index in [0.717, 1.165) is 35.2 Å². The van der Waals surface area contributed by atoms with E-state index in [1.807, 2.05) is 0 Å². The van der Waals surface area contributed by atoms with Gasteiger partial charge in [0, 0.05) is 33.9 Å². The van der Waals surface area contributed by atoms with Crippen LogP contribution in [0.25, 0.3) is 0 Å². The summed E-state index contributed by atoms with van der Waals surface area (Å²) in [6, 6.07) is 14.1. The molecule has 42 heavy (non-hydrogen) atoms. The summed E-state index contributed by atoms with van der Waals surface area (Å²) >= 11 is 7.64. The summed E-state index contributed by atoms with van der Waals surface area (Å²) in [5.74, 6) is -4.11. The molecule has 1 saturated heterocycles. The zero-order chi connectivity index (χ0) is 29.8. The number of rotatable bonds is 5. The Morgan fingerprint density at radius 2 is 1.74 bits per heavy atom. The molecule has 3 atom stereocenters. The first kappa shape index (κ1) is 28.2. The molecular formula is C28H18ClF3N4O4S2. The van der Waals surface area contributed by atoms with Crippen LogP contribution < -0.4 is 15.1 Å². The lowest BCUT2D eigenvalue weighted by molar-refractivity contribution is -0.137.